The highest BCUT2D eigenvalue weighted by molar-refractivity contribution is 5.94. The van der Waals surface area contributed by atoms with Crippen molar-refractivity contribution in [2.24, 2.45) is 0 Å². The van der Waals surface area contributed by atoms with E-state index in [1.807, 2.05) is 63.2 Å². The van der Waals surface area contributed by atoms with Gasteiger partial charge in [0.15, 0.2) is 5.76 Å². The van der Waals surface area contributed by atoms with Crippen LogP contribution in [0.15, 0.2) is 69.7 Å². The van der Waals surface area contributed by atoms with E-state index in [2.05, 4.69) is 0 Å². The zero-order valence-corrected chi connectivity index (χ0v) is 18.4. The van der Waals surface area contributed by atoms with Crippen LogP contribution < -0.4 is 0 Å². The van der Waals surface area contributed by atoms with Crippen LogP contribution in [0, 0.1) is 6.92 Å². The summed E-state index contributed by atoms with van der Waals surface area (Å²) in [6.07, 6.45) is 2.93. The van der Waals surface area contributed by atoms with Gasteiger partial charge < -0.3 is 18.6 Å². The van der Waals surface area contributed by atoms with Crippen molar-refractivity contribution in [2.45, 2.75) is 46.2 Å². The third-order valence-corrected chi connectivity index (χ3v) is 5.43. The van der Waals surface area contributed by atoms with E-state index in [1.165, 1.54) is 6.26 Å². The normalized spacial score (nSPS) is 11.8. The Labute approximate surface area is 183 Å². The first kappa shape index (κ1) is 22.4. The van der Waals surface area contributed by atoms with Crippen LogP contribution in [0.3, 0.4) is 0 Å². The molecular formula is C25H30N2O4. The maximum Gasteiger partial charge on any atom is 0.290 e. The molecule has 0 fully saturated rings. The number of aryl methyl sites for hydroxylation is 1. The van der Waals surface area contributed by atoms with Gasteiger partial charge in [-0.25, -0.2) is 0 Å². The Morgan fingerprint density at radius 2 is 1.81 bits per heavy atom. The Hall–Kier alpha value is -3.28. The van der Waals surface area contributed by atoms with Crippen molar-refractivity contribution >= 4 is 11.8 Å². The van der Waals surface area contributed by atoms with Gasteiger partial charge in [-0.05, 0) is 56.5 Å². The molecule has 2 heterocycles. The lowest BCUT2D eigenvalue weighted by Gasteiger charge is -2.30. The molecule has 6 heteroatoms. The molecule has 0 aliphatic carbocycles. The van der Waals surface area contributed by atoms with Gasteiger partial charge in [0.05, 0.1) is 12.8 Å². The molecule has 0 unspecified atom stereocenters. The van der Waals surface area contributed by atoms with Crippen molar-refractivity contribution in [1.82, 2.24) is 9.80 Å². The van der Waals surface area contributed by atoms with Crippen molar-refractivity contribution in [3.05, 3.63) is 83.7 Å². The number of hydrogen-bond acceptors (Lipinski definition) is 4. The van der Waals surface area contributed by atoms with E-state index in [0.717, 1.165) is 29.9 Å². The van der Waals surface area contributed by atoms with Gasteiger partial charge in [-0.1, -0.05) is 37.3 Å². The van der Waals surface area contributed by atoms with E-state index >= 15 is 0 Å². The van der Waals surface area contributed by atoms with Crippen LogP contribution >= 0.6 is 0 Å². The van der Waals surface area contributed by atoms with Gasteiger partial charge in [0.1, 0.15) is 18.1 Å². The Balaban J connectivity index is 1.76. The standard InChI is InChI=1S/C25H30N2O4/c1-4-19(2)27(25(29)23-11-8-16-30-23)18-24(28)26(17-22-13-12-20(3)31-22)15-14-21-9-6-5-7-10-21/h5-13,16,19H,4,14-15,17-18H2,1-3H3/t19-/m1/s1. The Kier molecular flexibility index (Phi) is 7.70. The first-order valence-corrected chi connectivity index (χ1v) is 10.7. The predicted octanol–water partition coefficient (Wildman–Crippen LogP) is 4.69. The van der Waals surface area contributed by atoms with Gasteiger partial charge in [0.2, 0.25) is 5.91 Å². The highest BCUT2D eigenvalue weighted by Gasteiger charge is 2.27. The molecule has 2 aromatic heterocycles. The van der Waals surface area contributed by atoms with Gasteiger partial charge in [0, 0.05) is 12.6 Å². The minimum Gasteiger partial charge on any atom is -0.464 e. The molecule has 0 aliphatic heterocycles. The number of carbonyl (C=O) groups excluding carboxylic acids is 2. The van der Waals surface area contributed by atoms with Gasteiger partial charge >= 0.3 is 0 Å². The number of benzene rings is 1. The van der Waals surface area contributed by atoms with Crippen LogP contribution in [0.5, 0.6) is 0 Å². The highest BCUT2D eigenvalue weighted by Crippen LogP contribution is 2.15. The van der Waals surface area contributed by atoms with Gasteiger partial charge in [-0.2, -0.15) is 0 Å². The summed E-state index contributed by atoms with van der Waals surface area (Å²) in [5.41, 5.74) is 1.15. The number of amides is 2. The van der Waals surface area contributed by atoms with Crippen LogP contribution in [0.4, 0.5) is 0 Å². The third-order valence-electron chi connectivity index (χ3n) is 5.43. The van der Waals surface area contributed by atoms with Crippen LogP contribution in [-0.4, -0.2) is 40.7 Å². The number of hydrogen-bond donors (Lipinski definition) is 0. The van der Waals surface area contributed by atoms with Crippen molar-refractivity contribution < 1.29 is 18.4 Å². The van der Waals surface area contributed by atoms with E-state index in [1.54, 1.807) is 21.9 Å². The average molecular weight is 423 g/mol. The van der Waals surface area contributed by atoms with E-state index in [9.17, 15) is 9.59 Å². The summed E-state index contributed by atoms with van der Waals surface area (Å²) in [5, 5.41) is 0. The maximum atomic E-state index is 13.3. The molecule has 31 heavy (non-hydrogen) atoms. The summed E-state index contributed by atoms with van der Waals surface area (Å²) in [6, 6.07) is 17.0. The molecule has 0 saturated heterocycles. The molecule has 6 nitrogen and oxygen atoms in total. The Bertz CT molecular complexity index is 963. The Morgan fingerprint density at radius 1 is 1.03 bits per heavy atom. The van der Waals surface area contributed by atoms with E-state index < -0.39 is 0 Å². The predicted molar refractivity (Wildman–Crippen MR) is 119 cm³/mol. The number of rotatable bonds is 10. The second-order valence-corrected chi connectivity index (χ2v) is 7.73. The molecular weight excluding hydrogens is 392 g/mol. The molecule has 164 valence electrons. The lowest BCUT2D eigenvalue weighted by Crippen LogP contribution is -2.46. The van der Waals surface area contributed by atoms with Gasteiger partial charge in [-0.3, -0.25) is 9.59 Å². The second-order valence-electron chi connectivity index (χ2n) is 7.73. The van der Waals surface area contributed by atoms with E-state index in [-0.39, 0.29) is 30.2 Å². The molecule has 0 N–H and O–H groups in total. The topological polar surface area (TPSA) is 66.9 Å². The fourth-order valence-electron chi connectivity index (χ4n) is 3.39. The molecule has 3 rings (SSSR count). The zero-order chi connectivity index (χ0) is 22.2. The van der Waals surface area contributed by atoms with Crippen LogP contribution in [0.25, 0.3) is 0 Å². The van der Waals surface area contributed by atoms with E-state index in [0.29, 0.717) is 13.1 Å². The molecule has 3 aromatic rings. The summed E-state index contributed by atoms with van der Waals surface area (Å²) < 4.78 is 11.0. The molecule has 2 amide bonds. The van der Waals surface area contributed by atoms with E-state index in [4.69, 9.17) is 8.83 Å². The van der Waals surface area contributed by atoms with Gasteiger partial charge in [-0.15, -0.1) is 0 Å². The number of furan rings is 2. The van der Waals surface area contributed by atoms with Gasteiger partial charge in [0.25, 0.3) is 5.91 Å². The SMILES string of the molecule is CC[C@@H](C)N(CC(=O)N(CCc1ccccc1)Cc1ccc(C)o1)C(=O)c1ccco1. The first-order chi connectivity index (χ1) is 15.0. The zero-order valence-electron chi connectivity index (χ0n) is 18.4. The minimum absolute atomic E-state index is 0.0109. The highest BCUT2D eigenvalue weighted by atomic mass is 16.3. The molecule has 0 spiro atoms. The average Bonchev–Trinajstić information content (AvgIpc) is 3.46. The molecule has 0 saturated carbocycles. The summed E-state index contributed by atoms with van der Waals surface area (Å²) in [6.45, 7) is 6.71. The lowest BCUT2D eigenvalue weighted by molar-refractivity contribution is -0.133. The number of nitrogens with zero attached hydrogens (tertiary/aromatic N) is 2. The molecule has 1 aromatic carbocycles. The number of carbonyl (C=O) groups is 2. The molecule has 0 aliphatic rings. The van der Waals surface area contributed by atoms with Crippen molar-refractivity contribution in [2.75, 3.05) is 13.1 Å². The minimum atomic E-state index is -0.274. The summed E-state index contributed by atoms with van der Waals surface area (Å²) in [5.74, 6) is 1.38. The summed E-state index contributed by atoms with van der Waals surface area (Å²) >= 11 is 0. The summed E-state index contributed by atoms with van der Waals surface area (Å²) in [7, 11) is 0. The monoisotopic (exact) mass is 422 g/mol. The first-order valence-electron chi connectivity index (χ1n) is 10.7. The lowest BCUT2D eigenvalue weighted by atomic mass is 10.1. The fourth-order valence-corrected chi connectivity index (χ4v) is 3.39. The van der Waals surface area contributed by atoms with Crippen molar-refractivity contribution in [3.63, 3.8) is 0 Å². The smallest absolute Gasteiger partial charge is 0.290 e. The third kappa shape index (κ3) is 6.10. The van der Waals surface area contributed by atoms with Crippen molar-refractivity contribution in [3.8, 4) is 0 Å². The molecule has 0 bridgehead atoms. The molecule has 1 atom stereocenters. The van der Waals surface area contributed by atoms with Crippen molar-refractivity contribution in [1.29, 1.82) is 0 Å². The quantitative estimate of drug-likeness (QED) is 0.475. The second kappa shape index (κ2) is 10.7. The Morgan fingerprint density at radius 3 is 2.42 bits per heavy atom. The fraction of sp³-hybridized carbons (Fsp3) is 0.360. The van der Waals surface area contributed by atoms with Crippen LogP contribution in [-0.2, 0) is 17.8 Å². The van der Waals surface area contributed by atoms with Crippen LogP contribution in [0.2, 0.25) is 0 Å². The largest absolute Gasteiger partial charge is 0.464 e. The van der Waals surface area contributed by atoms with Crippen LogP contribution in [0.1, 0.15) is 47.9 Å². The maximum absolute atomic E-state index is 13.3. The molecule has 0 radical (unpaired) electrons. The summed E-state index contributed by atoms with van der Waals surface area (Å²) in [4.78, 5) is 29.6.